The van der Waals surface area contributed by atoms with E-state index in [0.717, 1.165) is 12.8 Å². The van der Waals surface area contributed by atoms with Gasteiger partial charge in [-0.25, -0.2) is 4.79 Å². The van der Waals surface area contributed by atoms with Crippen LogP contribution in [0, 0.1) is 0 Å². The van der Waals surface area contributed by atoms with Crippen molar-refractivity contribution < 1.29 is 19.2 Å². The molecular formula is C13H19N3O4. The molecule has 110 valence electrons. The molecule has 0 atom stereocenters. The second kappa shape index (κ2) is 6.02. The van der Waals surface area contributed by atoms with Gasteiger partial charge in [0.15, 0.2) is 5.82 Å². The lowest BCUT2D eigenvalue weighted by atomic mass is 10.2. The molecular weight excluding hydrogens is 262 g/mol. The third kappa shape index (κ3) is 3.55. The summed E-state index contributed by atoms with van der Waals surface area (Å²) in [5, 5.41) is 15.4. The standard InChI is InChI=1S/C13H19N3O4/c1-2-4-9-14-11(20-16-9)6-3-5-10(17)15-13(7-8-13)12(18)19/h2-8H2,1H3,(H,15,17)(H,18,19). The Morgan fingerprint density at radius 1 is 1.40 bits per heavy atom. The van der Waals surface area contributed by atoms with E-state index in [1.165, 1.54) is 0 Å². The SMILES string of the molecule is CCCc1noc(CCCC(=O)NC2(C(=O)O)CC2)n1. The summed E-state index contributed by atoms with van der Waals surface area (Å²) in [5.74, 6) is 0.0283. The predicted molar refractivity (Wildman–Crippen MR) is 69.0 cm³/mol. The van der Waals surface area contributed by atoms with Gasteiger partial charge >= 0.3 is 5.97 Å². The molecule has 1 heterocycles. The number of aliphatic carboxylic acids is 1. The molecule has 2 rings (SSSR count). The summed E-state index contributed by atoms with van der Waals surface area (Å²) >= 11 is 0. The molecule has 1 aromatic rings. The Kier molecular flexibility index (Phi) is 4.36. The Hall–Kier alpha value is -1.92. The van der Waals surface area contributed by atoms with Gasteiger partial charge in [-0.2, -0.15) is 4.98 Å². The Morgan fingerprint density at radius 2 is 2.15 bits per heavy atom. The van der Waals surface area contributed by atoms with Gasteiger partial charge in [-0.05, 0) is 25.7 Å². The van der Waals surface area contributed by atoms with Gasteiger partial charge in [0, 0.05) is 19.3 Å². The van der Waals surface area contributed by atoms with Gasteiger partial charge in [0.2, 0.25) is 11.8 Å². The number of hydrogen-bond donors (Lipinski definition) is 2. The average molecular weight is 281 g/mol. The first kappa shape index (κ1) is 14.5. The highest BCUT2D eigenvalue weighted by atomic mass is 16.5. The van der Waals surface area contributed by atoms with Crippen LogP contribution < -0.4 is 5.32 Å². The largest absolute Gasteiger partial charge is 0.480 e. The Morgan fingerprint density at radius 3 is 2.75 bits per heavy atom. The van der Waals surface area contributed by atoms with Gasteiger partial charge in [-0.1, -0.05) is 12.1 Å². The topological polar surface area (TPSA) is 105 Å². The van der Waals surface area contributed by atoms with E-state index in [4.69, 9.17) is 9.63 Å². The van der Waals surface area contributed by atoms with Crippen LogP contribution in [0.5, 0.6) is 0 Å². The summed E-state index contributed by atoms with van der Waals surface area (Å²) in [7, 11) is 0. The molecule has 1 aliphatic rings. The third-order valence-corrected chi connectivity index (χ3v) is 3.32. The first-order valence-electron chi connectivity index (χ1n) is 6.91. The number of nitrogens with one attached hydrogen (secondary N) is 1. The number of aromatic nitrogens is 2. The van der Waals surface area contributed by atoms with Crippen molar-refractivity contribution in [3.63, 3.8) is 0 Å². The summed E-state index contributed by atoms with van der Waals surface area (Å²) < 4.78 is 5.06. The summed E-state index contributed by atoms with van der Waals surface area (Å²) in [6, 6.07) is 0. The molecule has 0 spiro atoms. The molecule has 2 N–H and O–H groups in total. The molecule has 0 saturated heterocycles. The molecule has 7 heteroatoms. The Balaban J connectivity index is 1.70. The van der Waals surface area contributed by atoms with E-state index in [0.29, 0.717) is 37.4 Å². The van der Waals surface area contributed by atoms with Crippen LogP contribution in [-0.4, -0.2) is 32.7 Å². The van der Waals surface area contributed by atoms with E-state index in [9.17, 15) is 9.59 Å². The minimum atomic E-state index is -1.00. The molecule has 1 amide bonds. The lowest BCUT2D eigenvalue weighted by Gasteiger charge is -2.11. The van der Waals surface area contributed by atoms with Crippen molar-refractivity contribution in [3.8, 4) is 0 Å². The maximum atomic E-state index is 11.7. The van der Waals surface area contributed by atoms with Crippen LogP contribution >= 0.6 is 0 Å². The maximum Gasteiger partial charge on any atom is 0.329 e. The van der Waals surface area contributed by atoms with Gasteiger partial charge < -0.3 is 14.9 Å². The number of hydrogen-bond acceptors (Lipinski definition) is 5. The first-order valence-corrected chi connectivity index (χ1v) is 6.91. The van der Waals surface area contributed by atoms with Crippen molar-refractivity contribution in [1.29, 1.82) is 0 Å². The number of amides is 1. The molecule has 1 fully saturated rings. The number of nitrogens with zero attached hydrogens (tertiary/aromatic N) is 2. The highest BCUT2D eigenvalue weighted by Crippen LogP contribution is 2.35. The van der Waals surface area contributed by atoms with E-state index in [1.54, 1.807) is 0 Å². The van der Waals surface area contributed by atoms with E-state index in [1.807, 2.05) is 6.92 Å². The lowest BCUT2D eigenvalue weighted by Crippen LogP contribution is -2.42. The van der Waals surface area contributed by atoms with Crippen LogP contribution in [0.1, 0.15) is 50.7 Å². The van der Waals surface area contributed by atoms with Gasteiger partial charge in [-0.15, -0.1) is 0 Å². The summed E-state index contributed by atoms with van der Waals surface area (Å²) in [5.41, 5.74) is -1.00. The number of carbonyl (C=O) groups excluding carboxylic acids is 1. The smallest absolute Gasteiger partial charge is 0.329 e. The number of aryl methyl sites for hydroxylation is 2. The second-order valence-corrected chi connectivity index (χ2v) is 5.14. The van der Waals surface area contributed by atoms with Crippen molar-refractivity contribution in [2.24, 2.45) is 0 Å². The monoisotopic (exact) mass is 281 g/mol. The highest BCUT2D eigenvalue weighted by molar-refractivity contribution is 5.89. The third-order valence-electron chi connectivity index (χ3n) is 3.32. The van der Waals surface area contributed by atoms with E-state index >= 15 is 0 Å². The molecule has 1 aliphatic carbocycles. The number of carbonyl (C=O) groups is 2. The summed E-state index contributed by atoms with van der Waals surface area (Å²) in [6.07, 6.45) is 4.13. The van der Waals surface area contributed by atoms with Crippen molar-refractivity contribution in [2.75, 3.05) is 0 Å². The number of carboxylic acids is 1. The van der Waals surface area contributed by atoms with Crippen molar-refractivity contribution in [2.45, 2.75) is 57.4 Å². The van der Waals surface area contributed by atoms with Crippen LogP contribution in [0.15, 0.2) is 4.52 Å². The van der Waals surface area contributed by atoms with Crippen LogP contribution in [0.2, 0.25) is 0 Å². The molecule has 7 nitrogen and oxygen atoms in total. The second-order valence-electron chi connectivity index (χ2n) is 5.14. The number of rotatable bonds is 8. The molecule has 0 aliphatic heterocycles. The highest BCUT2D eigenvalue weighted by Gasteiger charge is 2.51. The summed E-state index contributed by atoms with van der Waals surface area (Å²) in [6.45, 7) is 2.04. The van der Waals surface area contributed by atoms with E-state index < -0.39 is 11.5 Å². The van der Waals surface area contributed by atoms with Gasteiger partial charge in [0.05, 0.1) is 0 Å². The minimum absolute atomic E-state index is 0.238. The summed E-state index contributed by atoms with van der Waals surface area (Å²) in [4.78, 5) is 26.8. The predicted octanol–water partition coefficient (Wildman–Crippen LogP) is 1.08. The molecule has 0 radical (unpaired) electrons. The normalized spacial score (nSPS) is 15.8. The molecule has 0 unspecified atom stereocenters. The maximum absolute atomic E-state index is 11.7. The lowest BCUT2D eigenvalue weighted by molar-refractivity contribution is -0.143. The zero-order valence-corrected chi connectivity index (χ0v) is 11.5. The van der Waals surface area contributed by atoms with Crippen molar-refractivity contribution >= 4 is 11.9 Å². The fourth-order valence-electron chi connectivity index (χ4n) is 1.96. The van der Waals surface area contributed by atoms with E-state index in [-0.39, 0.29) is 12.3 Å². The zero-order chi connectivity index (χ0) is 14.6. The average Bonchev–Trinajstić information content (AvgIpc) is 3.04. The van der Waals surface area contributed by atoms with Crippen molar-refractivity contribution in [3.05, 3.63) is 11.7 Å². The fourth-order valence-corrected chi connectivity index (χ4v) is 1.96. The molecule has 1 saturated carbocycles. The van der Waals surface area contributed by atoms with Crippen LogP contribution in [0.4, 0.5) is 0 Å². The zero-order valence-electron chi connectivity index (χ0n) is 11.5. The Labute approximate surface area is 116 Å². The molecule has 0 aromatic carbocycles. The van der Waals surface area contributed by atoms with Gasteiger partial charge in [-0.3, -0.25) is 4.79 Å². The van der Waals surface area contributed by atoms with Gasteiger partial charge in [0.1, 0.15) is 5.54 Å². The Bertz CT molecular complexity index is 494. The van der Waals surface area contributed by atoms with Gasteiger partial charge in [0.25, 0.3) is 0 Å². The van der Waals surface area contributed by atoms with Crippen LogP contribution in [-0.2, 0) is 22.4 Å². The number of carboxylic acid groups (broad SMARTS) is 1. The van der Waals surface area contributed by atoms with Crippen molar-refractivity contribution in [1.82, 2.24) is 15.5 Å². The van der Waals surface area contributed by atoms with E-state index in [2.05, 4.69) is 15.5 Å². The fraction of sp³-hybridized carbons (Fsp3) is 0.692. The molecule has 0 bridgehead atoms. The minimum Gasteiger partial charge on any atom is -0.480 e. The first-order chi connectivity index (χ1) is 9.55. The molecule has 1 aromatic heterocycles. The quantitative estimate of drug-likeness (QED) is 0.738. The molecule has 20 heavy (non-hydrogen) atoms. The van der Waals surface area contributed by atoms with Crippen LogP contribution in [0.3, 0.4) is 0 Å². The van der Waals surface area contributed by atoms with Crippen LogP contribution in [0.25, 0.3) is 0 Å².